The van der Waals surface area contributed by atoms with E-state index in [1.165, 1.54) is 23.9 Å². The van der Waals surface area contributed by atoms with Gasteiger partial charge in [-0.05, 0) is 34.9 Å². The largest absolute Gasteiger partial charge is 0.301 e. The Morgan fingerprint density at radius 1 is 0.868 bits per heavy atom. The van der Waals surface area contributed by atoms with Crippen LogP contribution in [0.15, 0.2) is 113 Å². The molecule has 10 nitrogen and oxygen atoms in total. The summed E-state index contributed by atoms with van der Waals surface area (Å²) in [6.07, 6.45) is 2.29. The van der Waals surface area contributed by atoms with Gasteiger partial charge in [-0.25, -0.2) is 0 Å². The fourth-order valence-corrected chi connectivity index (χ4v) is 4.26. The minimum atomic E-state index is -0.691. The number of rotatable bonds is 8. The van der Waals surface area contributed by atoms with E-state index in [1.807, 2.05) is 65.7 Å². The third-order valence-electron chi connectivity index (χ3n) is 6.15. The van der Waals surface area contributed by atoms with Gasteiger partial charge in [-0.2, -0.15) is 10.2 Å². The first-order chi connectivity index (χ1) is 18.5. The van der Waals surface area contributed by atoms with Crippen molar-refractivity contribution in [2.45, 2.75) is 12.5 Å². The van der Waals surface area contributed by atoms with E-state index in [-0.39, 0.29) is 17.4 Å². The molecule has 1 atom stereocenters. The van der Waals surface area contributed by atoms with Crippen molar-refractivity contribution in [2.24, 2.45) is 10.2 Å². The van der Waals surface area contributed by atoms with Crippen LogP contribution in [0.1, 0.15) is 29.2 Å². The van der Waals surface area contributed by atoms with Crippen LogP contribution >= 0.6 is 0 Å². The van der Waals surface area contributed by atoms with E-state index in [1.54, 1.807) is 0 Å². The molecule has 1 aliphatic rings. The van der Waals surface area contributed by atoms with Crippen molar-refractivity contribution in [1.29, 1.82) is 0 Å². The molecule has 10 heteroatoms. The molecule has 188 valence electrons. The highest BCUT2D eigenvalue weighted by atomic mass is 16.6. The highest BCUT2D eigenvalue weighted by molar-refractivity contribution is 6.03. The molecule has 4 aromatic carbocycles. The zero-order valence-electron chi connectivity index (χ0n) is 20.0. The van der Waals surface area contributed by atoms with Gasteiger partial charge in [0.2, 0.25) is 0 Å². The Kier molecular flexibility index (Phi) is 6.85. The van der Waals surface area contributed by atoms with E-state index in [2.05, 4.69) is 34.8 Å². The third kappa shape index (κ3) is 5.24. The maximum absolute atomic E-state index is 11.3. The van der Waals surface area contributed by atoms with Crippen molar-refractivity contribution in [3.63, 3.8) is 0 Å². The molecule has 1 unspecified atom stereocenters. The highest BCUT2D eigenvalue weighted by Gasteiger charge is 2.29. The first kappa shape index (κ1) is 24.3. The Morgan fingerprint density at radius 2 is 1.55 bits per heavy atom. The molecule has 0 aliphatic carbocycles. The van der Waals surface area contributed by atoms with Crippen LogP contribution in [-0.2, 0) is 0 Å². The summed E-state index contributed by atoms with van der Waals surface area (Å²) in [7, 11) is 0. The van der Waals surface area contributed by atoms with E-state index in [0.29, 0.717) is 0 Å². The zero-order chi connectivity index (χ0) is 26.5. The maximum Gasteiger partial charge on any atom is 0.301 e. The SMILES string of the molecule is O=[N+]([O-])c1ccc(NN=Cc2ccc(N3N=C(c4ccccc4)CC3c3ccccc3)cc2)c([N+](=O)[O-])c1. The second kappa shape index (κ2) is 10.7. The lowest BCUT2D eigenvalue weighted by Gasteiger charge is -2.24. The van der Waals surface area contributed by atoms with Crippen LogP contribution in [-0.4, -0.2) is 21.8 Å². The van der Waals surface area contributed by atoms with Crippen LogP contribution in [0.3, 0.4) is 0 Å². The monoisotopic (exact) mass is 506 g/mol. The molecule has 5 rings (SSSR count). The Balaban J connectivity index is 1.36. The summed E-state index contributed by atoms with van der Waals surface area (Å²) in [5.74, 6) is 0. The molecule has 4 aromatic rings. The molecule has 0 saturated carbocycles. The van der Waals surface area contributed by atoms with Gasteiger partial charge in [-0.15, -0.1) is 0 Å². The van der Waals surface area contributed by atoms with E-state index < -0.39 is 15.5 Å². The first-order valence-electron chi connectivity index (χ1n) is 11.8. The van der Waals surface area contributed by atoms with Crippen LogP contribution < -0.4 is 10.4 Å². The van der Waals surface area contributed by atoms with Crippen molar-refractivity contribution in [3.8, 4) is 0 Å². The van der Waals surface area contributed by atoms with E-state index in [9.17, 15) is 20.2 Å². The molecule has 1 N–H and O–H groups in total. The quantitative estimate of drug-likeness (QED) is 0.170. The lowest BCUT2D eigenvalue weighted by molar-refractivity contribution is -0.393. The van der Waals surface area contributed by atoms with Crippen molar-refractivity contribution < 1.29 is 9.85 Å². The number of nitrogens with zero attached hydrogens (tertiary/aromatic N) is 5. The second-order valence-corrected chi connectivity index (χ2v) is 8.57. The summed E-state index contributed by atoms with van der Waals surface area (Å²) in [5, 5.41) is 33.3. The van der Waals surface area contributed by atoms with Crippen LogP contribution in [0.5, 0.6) is 0 Å². The van der Waals surface area contributed by atoms with Crippen molar-refractivity contribution in [2.75, 3.05) is 10.4 Å². The lowest BCUT2D eigenvalue weighted by atomic mass is 9.98. The average molecular weight is 507 g/mol. The molecule has 1 aliphatic heterocycles. The van der Waals surface area contributed by atoms with Crippen LogP contribution in [0.25, 0.3) is 0 Å². The number of nitrogens with one attached hydrogen (secondary N) is 1. The fourth-order valence-electron chi connectivity index (χ4n) is 4.26. The smallest absolute Gasteiger partial charge is 0.272 e. The molecule has 1 heterocycles. The molecular weight excluding hydrogens is 484 g/mol. The second-order valence-electron chi connectivity index (χ2n) is 8.57. The Bertz CT molecular complexity index is 1520. The number of hydrogen-bond donors (Lipinski definition) is 1. The minimum absolute atomic E-state index is 0.0512. The van der Waals surface area contributed by atoms with Gasteiger partial charge < -0.3 is 0 Å². The number of anilines is 2. The third-order valence-corrected chi connectivity index (χ3v) is 6.15. The molecule has 0 aromatic heterocycles. The van der Waals surface area contributed by atoms with Gasteiger partial charge in [0, 0.05) is 12.5 Å². The predicted octanol–water partition coefficient (Wildman–Crippen LogP) is 6.30. The average Bonchev–Trinajstić information content (AvgIpc) is 3.40. The van der Waals surface area contributed by atoms with Gasteiger partial charge in [0.25, 0.3) is 5.69 Å². The standard InChI is InChI=1S/C28H22N6O4/c35-33(36)24-15-16-25(28(17-24)34(37)38)30-29-19-20-11-13-23(14-12-20)32-27(22-9-5-2-6-10-22)18-26(31-32)21-7-3-1-4-8-21/h1-17,19,27,30H,18H2. The van der Waals surface area contributed by atoms with Gasteiger partial charge in [0.15, 0.2) is 0 Å². The van der Waals surface area contributed by atoms with Gasteiger partial charge in [0.1, 0.15) is 5.69 Å². The van der Waals surface area contributed by atoms with E-state index in [0.717, 1.165) is 35.0 Å². The van der Waals surface area contributed by atoms with Gasteiger partial charge >= 0.3 is 5.69 Å². The molecule has 0 amide bonds. The van der Waals surface area contributed by atoms with Crippen LogP contribution in [0.4, 0.5) is 22.7 Å². The number of nitro benzene ring substituents is 2. The van der Waals surface area contributed by atoms with Crippen molar-refractivity contribution in [1.82, 2.24) is 0 Å². The molecule has 0 fully saturated rings. The Labute approximate surface area is 217 Å². The lowest BCUT2D eigenvalue weighted by Crippen LogP contribution is -2.18. The van der Waals surface area contributed by atoms with Crippen LogP contribution in [0.2, 0.25) is 0 Å². The maximum atomic E-state index is 11.3. The van der Waals surface area contributed by atoms with Crippen molar-refractivity contribution >= 4 is 34.7 Å². The molecule has 38 heavy (non-hydrogen) atoms. The van der Waals surface area contributed by atoms with Crippen LogP contribution in [0, 0.1) is 20.2 Å². The number of non-ortho nitro benzene ring substituents is 1. The van der Waals surface area contributed by atoms with Gasteiger partial charge in [-0.1, -0.05) is 72.8 Å². The summed E-state index contributed by atoms with van der Waals surface area (Å²) in [6.45, 7) is 0. The number of hydrogen-bond acceptors (Lipinski definition) is 8. The summed E-state index contributed by atoms with van der Waals surface area (Å²) >= 11 is 0. The number of hydrazone groups is 2. The normalized spacial score (nSPS) is 14.9. The molecule has 0 bridgehead atoms. The Morgan fingerprint density at radius 3 is 2.21 bits per heavy atom. The molecular formula is C28H22N6O4. The van der Waals surface area contributed by atoms with E-state index >= 15 is 0 Å². The zero-order valence-corrected chi connectivity index (χ0v) is 20.0. The molecule has 0 spiro atoms. The van der Waals surface area contributed by atoms with Crippen molar-refractivity contribution in [3.05, 3.63) is 140 Å². The summed E-state index contributed by atoms with van der Waals surface area (Å²) < 4.78 is 0. The topological polar surface area (TPSA) is 126 Å². The molecule has 0 radical (unpaired) electrons. The summed E-state index contributed by atoms with van der Waals surface area (Å²) in [6, 6.07) is 31.4. The fraction of sp³-hybridized carbons (Fsp3) is 0.0714. The van der Waals surface area contributed by atoms with Gasteiger partial charge in [-0.3, -0.25) is 30.7 Å². The first-order valence-corrected chi connectivity index (χ1v) is 11.8. The number of benzene rings is 4. The van der Waals surface area contributed by atoms with E-state index in [4.69, 9.17) is 5.10 Å². The summed E-state index contributed by atoms with van der Waals surface area (Å²) in [5.41, 5.74) is 6.81. The van der Waals surface area contributed by atoms with Gasteiger partial charge in [0.05, 0.1) is 39.6 Å². The Hall–Kier alpha value is -5.38. The highest BCUT2D eigenvalue weighted by Crippen LogP contribution is 2.36. The summed E-state index contributed by atoms with van der Waals surface area (Å²) in [4.78, 5) is 20.9. The molecule has 0 saturated heterocycles. The number of nitro groups is 2. The minimum Gasteiger partial charge on any atom is -0.272 e. The predicted molar refractivity (Wildman–Crippen MR) is 147 cm³/mol.